The van der Waals surface area contributed by atoms with E-state index in [1.165, 1.54) is 12.1 Å². The van der Waals surface area contributed by atoms with Gasteiger partial charge in [-0.05, 0) is 57.3 Å². The molecule has 3 rings (SSSR count). The first-order valence-electron chi connectivity index (χ1n) is 8.26. The molecule has 1 N–H and O–H groups in total. The quantitative estimate of drug-likeness (QED) is 0.937. The van der Waals surface area contributed by atoms with Gasteiger partial charge in [0.05, 0.1) is 12.2 Å². The van der Waals surface area contributed by atoms with E-state index in [0.29, 0.717) is 12.5 Å². The maximum Gasteiger partial charge on any atom is 0.236 e. The Morgan fingerprint density at radius 3 is 2.58 bits per heavy atom. The molecule has 1 fully saturated rings. The molecule has 1 amide bonds. The van der Waals surface area contributed by atoms with E-state index in [9.17, 15) is 9.18 Å². The Morgan fingerprint density at radius 1 is 1.29 bits per heavy atom. The second kappa shape index (κ2) is 7.13. The van der Waals surface area contributed by atoms with Crippen LogP contribution in [0, 0.1) is 5.82 Å². The number of likely N-dealkylation sites (tertiary alicyclic amines) is 1. The summed E-state index contributed by atoms with van der Waals surface area (Å²) in [5, 5.41) is 7.46. The van der Waals surface area contributed by atoms with E-state index in [4.69, 9.17) is 0 Å². The van der Waals surface area contributed by atoms with Crippen LogP contribution in [0.3, 0.4) is 0 Å². The topological polar surface area (TPSA) is 52.2 Å². The van der Waals surface area contributed by atoms with E-state index in [2.05, 4.69) is 10.2 Å². The van der Waals surface area contributed by atoms with Crippen LogP contribution in [0.1, 0.15) is 24.5 Å². The zero-order valence-electron chi connectivity index (χ0n) is 14.1. The molecule has 0 radical (unpaired) electrons. The van der Waals surface area contributed by atoms with Crippen LogP contribution in [0.25, 0.3) is 11.3 Å². The molecule has 2 aromatic rings. The van der Waals surface area contributed by atoms with E-state index in [0.717, 1.165) is 42.9 Å². The van der Waals surface area contributed by atoms with Crippen LogP contribution in [0.4, 0.5) is 4.39 Å². The van der Waals surface area contributed by atoms with Crippen LogP contribution in [0.2, 0.25) is 0 Å². The Bertz CT molecular complexity index is 687. The number of likely N-dealkylation sites (N-methyl/N-ethyl adjacent to an activating group) is 1. The molecular weight excluding hydrogens is 307 g/mol. The van der Waals surface area contributed by atoms with Crippen LogP contribution in [-0.4, -0.2) is 59.6 Å². The van der Waals surface area contributed by atoms with Crippen molar-refractivity contribution < 1.29 is 9.18 Å². The molecule has 5 nitrogen and oxygen atoms in total. The van der Waals surface area contributed by atoms with Crippen molar-refractivity contribution in [2.24, 2.45) is 0 Å². The number of nitrogens with zero attached hydrogens (tertiary/aromatic N) is 3. The number of nitrogens with one attached hydrogen (secondary N) is 1. The predicted molar refractivity (Wildman–Crippen MR) is 91.1 cm³/mol. The molecule has 1 aliphatic heterocycles. The molecule has 0 bridgehead atoms. The van der Waals surface area contributed by atoms with Gasteiger partial charge in [0.25, 0.3) is 0 Å². The molecule has 0 atom stereocenters. The summed E-state index contributed by atoms with van der Waals surface area (Å²) >= 11 is 0. The van der Waals surface area contributed by atoms with E-state index >= 15 is 0 Å². The van der Waals surface area contributed by atoms with E-state index in [1.807, 2.05) is 30.0 Å². The number of aromatic nitrogens is 2. The largest absolute Gasteiger partial charge is 0.342 e. The number of halogens is 1. The second-order valence-electron chi connectivity index (χ2n) is 6.61. The van der Waals surface area contributed by atoms with Gasteiger partial charge in [-0.3, -0.25) is 9.89 Å². The van der Waals surface area contributed by atoms with Gasteiger partial charge in [-0.15, -0.1) is 0 Å². The number of piperidine rings is 1. The van der Waals surface area contributed by atoms with Crippen molar-refractivity contribution in [1.82, 2.24) is 20.0 Å². The number of amides is 1. The van der Waals surface area contributed by atoms with Gasteiger partial charge >= 0.3 is 0 Å². The Morgan fingerprint density at radius 2 is 1.96 bits per heavy atom. The fourth-order valence-corrected chi connectivity index (χ4v) is 3.12. The average Bonchev–Trinajstić information content (AvgIpc) is 3.05. The standard InChI is InChI=1S/C18H23FN4O/c1-22(2)12-18(24)23-9-7-14(8-10-23)17-11-16(20-21-17)13-3-5-15(19)6-4-13/h3-6,11,14H,7-10,12H2,1-2H3,(H,20,21). The second-order valence-corrected chi connectivity index (χ2v) is 6.61. The summed E-state index contributed by atoms with van der Waals surface area (Å²) in [6.45, 7) is 2.02. The molecule has 0 unspecified atom stereocenters. The maximum absolute atomic E-state index is 13.0. The fraction of sp³-hybridized carbons (Fsp3) is 0.444. The van der Waals surface area contributed by atoms with E-state index in [-0.39, 0.29) is 11.7 Å². The molecule has 0 aliphatic carbocycles. The zero-order chi connectivity index (χ0) is 17.1. The number of carbonyl (C=O) groups is 1. The molecule has 128 valence electrons. The van der Waals surface area contributed by atoms with Gasteiger partial charge in [-0.2, -0.15) is 5.10 Å². The van der Waals surface area contributed by atoms with Gasteiger partial charge in [-0.1, -0.05) is 0 Å². The van der Waals surface area contributed by atoms with Crippen LogP contribution in [-0.2, 0) is 4.79 Å². The Labute approximate surface area is 141 Å². The van der Waals surface area contributed by atoms with Crippen molar-refractivity contribution >= 4 is 5.91 Å². The molecule has 1 aliphatic rings. The van der Waals surface area contributed by atoms with Crippen molar-refractivity contribution in [2.45, 2.75) is 18.8 Å². The highest BCUT2D eigenvalue weighted by Gasteiger charge is 2.25. The normalized spacial score (nSPS) is 15.9. The third kappa shape index (κ3) is 3.82. The molecule has 0 spiro atoms. The van der Waals surface area contributed by atoms with Crippen molar-refractivity contribution in [1.29, 1.82) is 0 Å². The zero-order valence-corrected chi connectivity index (χ0v) is 14.1. The predicted octanol–water partition coefficient (Wildman–Crippen LogP) is 2.48. The fourth-order valence-electron chi connectivity index (χ4n) is 3.12. The molecule has 1 aromatic heterocycles. The van der Waals surface area contributed by atoms with Gasteiger partial charge in [0.2, 0.25) is 5.91 Å². The van der Waals surface area contributed by atoms with Gasteiger partial charge < -0.3 is 9.80 Å². The van der Waals surface area contributed by atoms with Crippen molar-refractivity contribution in [3.8, 4) is 11.3 Å². The number of carbonyl (C=O) groups excluding carboxylic acids is 1. The highest BCUT2D eigenvalue weighted by Crippen LogP contribution is 2.29. The molecule has 2 heterocycles. The minimum atomic E-state index is -0.246. The number of benzene rings is 1. The average molecular weight is 330 g/mol. The molecular formula is C18H23FN4O. The lowest BCUT2D eigenvalue weighted by Crippen LogP contribution is -2.42. The smallest absolute Gasteiger partial charge is 0.236 e. The Kier molecular flexibility index (Phi) is 4.94. The highest BCUT2D eigenvalue weighted by atomic mass is 19.1. The van der Waals surface area contributed by atoms with Crippen molar-refractivity contribution in [2.75, 3.05) is 33.7 Å². The van der Waals surface area contributed by atoms with Crippen LogP contribution in [0.5, 0.6) is 0 Å². The summed E-state index contributed by atoms with van der Waals surface area (Å²) < 4.78 is 13.0. The lowest BCUT2D eigenvalue weighted by Gasteiger charge is -2.32. The first-order valence-corrected chi connectivity index (χ1v) is 8.26. The van der Waals surface area contributed by atoms with Crippen molar-refractivity contribution in [3.63, 3.8) is 0 Å². The highest BCUT2D eigenvalue weighted by molar-refractivity contribution is 5.78. The van der Waals surface area contributed by atoms with Crippen LogP contribution in [0.15, 0.2) is 30.3 Å². The lowest BCUT2D eigenvalue weighted by atomic mass is 9.93. The van der Waals surface area contributed by atoms with Gasteiger partial charge in [0.1, 0.15) is 5.82 Å². The monoisotopic (exact) mass is 330 g/mol. The molecule has 24 heavy (non-hydrogen) atoms. The van der Waals surface area contributed by atoms with Gasteiger partial charge in [-0.25, -0.2) is 4.39 Å². The summed E-state index contributed by atoms with van der Waals surface area (Å²) in [7, 11) is 3.82. The third-order valence-electron chi connectivity index (χ3n) is 4.48. The molecule has 1 saturated heterocycles. The van der Waals surface area contributed by atoms with Gasteiger partial charge in [0.15, 0.2) is 0 Å². The maximum atomic E-state index is 13.0. The first kappa shape index (κ1) is 16.6. The minimum Gasteiger partial charge on any atom is -0.342 e. The SMILES string of the molecule is CN(C)CC(=O)N1CCC(c2cc(-c3ccc(F)cc3)n[nH]2)CC1. The van der Waals surface area contributed by atoms with E-state index in [1.54, 1.807) is 12.1 Å². The summed E-state index contributed by atoms with van der Waals surface area (Å²) in [6.07, 6.45) is 1.87. The Balaban J connectivity index is 1.61. The lowest BCUT2D eigenvalue weighted by molar-refractivity contribution is -0.132. The van der Waals surface area contributed by atoms with E-state index < -0.39 is 0 Å². The first-order chi connectivity index (χ1) is 11.5. The summed E-state index contributed by atoms with van der Waals surface area (Å²) in [4.78, 5) is 15.9. The summed E-state index contributed by atoms with van der Waals surface area (Å²) in [5.74, 6) is 0.328. The number of hydrogen-bond donors (Lipinski definition) is 1. The van der Waals surface area contributed by atoms with Gasteiger partial charge in [0, 0.05) is 30.3 Å². The summed E-state index contributed by atoms with van der Waals surface area (Å²) in [5.41, 5.74) is 2.82. The molecule has 1 aromatic carbocycles. The number of H-pyrrole nitrogens is 1. The summed E-state index contributed by atoms with van der Waals surface area (Å²) in [6, 6.07) is 8.39. The number of aromatic amines is 1. The van der Waals surface area contributed by atoms with Crippen LogP contribution < -0.4 is 0 Å². The molecule has 6 heteroatoms. The Hall–Kier alpha value is -2.21. The number of hydrogen-bond acceptors (Lipinski definition) is 3. The minimum absolute atomic E-state index is 0.190. The third-order valence-corrected chi connectivity index (χ3v) is 4.48. The number of rotatable bonds is 4. The van der Waals surface area contributed by atoms with Crippen molar-refractivity contribution in [3.05, 3.63) is 41.8 Å². The molecule has 0 saturated carbocycles. The van der Waals surface area contributed by atoms with Crippen LogP contribution >= 0.6 is 0 Å².